The normalized spacial score (nSPS) is 21.6. The summed E-state index contributed by atoms with van der Waals surface area (Å²) in [6, 6.07) is 2.04. The van der Waals surface area contributed by atoms with Crippen molar-refractivity contribution in [3.8, 4) is 17.2 Å². The summed E-state index contributed by atoms with van der Waals surface area (Å²) in [5, 5.41) is 2.49. The Hall–Kier alpha value is -2.97. The molecule has 1 aromatic rings. The van der Waals surface area contributed by atoms with Crippen molar-refractivity contribution in [3.63, 3.8) is 0 Å². The van der Waals surface area contributed by atoms with Crippen molar-refractivity contribution in [2.75, 3.05) is 35.5 Å². The third-order valence-corrected chi connectivity index (χ3v) is 4.30. The third-order valence-electron chi connectivity index (χ3n) is 4.30. The first kappa shape index (κ1) is 19.4. The van der Waals surface area contributed by atoms with Gasteiger partial charge >= 0.3 is 11.9 Å². The van der Waals surface area contributed by atoms with Gasteiger partial charge in [0.1, 0.15) is 29.2 Å². The molecule has 1 N–H and O–H groups in total. The molecule has 0 spiro atoms. The second kappa shape index (κ2) is 7.94. The molecule has 1 heterocycles. The van der Waals surface area contributed by atoms with Crippen LogP contribution < -0.4 is 19.5 Å². The Morgan fingerprint density at radius 1 is 0.885 bits per heavy atom. The molecule has 1 saturated heterocycles. The lowest BCUT2D eigenvalue weighted by Gasteiger charge is -2.24. The standard InChI is InChI=1S/C17H21NO8/c1-22-8-6-9(23-2)11(10(7-8)24-3)12-13(16(20)25-4)15(19)18-14(12)17(21)26-5/h6-7,12-14H,1-5H3,(H,18,19)/t12-,13?,14?/m1/s1. The van der Waals surface area contributed by atoms with E-state index in [9.17, 15) is 14.4 Å². The lowest BCUT2D eigenvalue weighted by Crippen LogP contribution is -2.37. The van der Waals surface area contributed by atoms with E-state index in [0.29, 0.717) is 22.8 Å². The maximum absolute atomic E-state index is 12.4. The average Bonchev–Trinajstić information content (AvgIpc) is 3.01. The molecule has 1 amide bonds. The van der Waals surface area contributed by atoms with Gasteiger partial charge in [0.15, 0.2) is 0 Å². The Bertz CT molecular complexity index is 692. The van der Waals surface area contributed by atoms with Gasteiger partial charge in [0.05, 0.1) is 35.5 Å². The highest BCUT2D eigenvalue weighted by molar-refractivity contribution is 6.04. The molecule has 2 rings (SSSR count). The third kappa shape index (κ3) is 3.24. The van der Waals surface area contributed by atoms with E-state index in [1.807, 2.05) is 0 Å². The molecule has 0 bridgehead atoms. The van der Waals surface area contributed by atoms with Gasteiger partial charge in [-0.2, -0.15) is 0 Å². The van der Waals surface area contributed by atoms with Gasteiger partial charge in [0, 0.05) is 23.6 Å². The van der Waals surface area contributed by atoms with Crippen LogP contribution in [0, 0.1) is 5.92 Å². The van der Waals surface area contributed by atoms with Crippen LogP contribution in [0.4, 0.5) is 0 Å². The number of rotatable bonds is 6. The summed E-state index contributed by atoms with van der Waals surface area (Å²) in [7, 11) is 6.67. The molecular formula is C17H21NO8. The minimum absolute atomic E-state index is 0.297. The van der Waals surface area contributed by atoms with Gasteiger partial charge in [0.25, 0.3) is 0 Å². The first-order valence-electron chi connectivity index (χ1n) is 7.69. The van der Waals surface area contributed by atoms with E-state index in [1.54, 1.807) is 12.1 Å². The SMILES string of the molecule is COC(=O)C1NC(=O)C(C(=O)OC)[C@H]1c1c(OC)cc(OC)cc1OC. The van der Waals surface area contributed by atoms with Crippen LogP contribution in [0.25, 0.3) is 0 Å². The Balaban J connectivity index is 2.71. The van der Waals surface area contributed by atoms with Gasteiger partial charge in [-0.3, -0.25) is 9.59 Å². The summed E-state index contributed by atoms with van der Waals surface area (Å²) in [6.45, 7) is 0. The van der Waals surface area contributed by atoms with Crippen LogP contribution >= 0.6 is 0 Å². The fourth-order valence-electron chi connectivity index (χ4n) is 3.10. The number of nitrogens with one attached hydrogen (secondary N) is 1. The highest BCUT2D eigenvalue weighted by Crippen LogP contribution is 2.46. The van der Waals surface area contributed by atoms with Crippen molar-refractivity contribution in [1.82, 2.24) is 5.32 Å². The highest BCUT2D eigenvalue weighted by atomic mass is 16.5. The number of esters is 2. The number of hydrogen-bond donors (Lipinski definition) is 1. The molecule has 0 saturated carbocycles. The number of hydrogen-bond acceptors (Lipinski definition) is 8. The van der Waals surface area contributed by atoms with Crippen molar-refractivity contribution in [2.45, 2.75) is 12.0 Å². The van der Waals surface area contributed by atoms with Crippen LogP contribution in [0.15, 0.2) is 12.1 Å². The van der Waals surface area contributed by atoms with Gasteiger partial charge in [-0.25, -0.2) is 4.79 Å². The van der Waals surface area contributed by atoms with Crippen LogP contribution in [0.5, 0.6) is 17.2 Å². The monoisotopic (exact) mass is 367 g/mol. The van der Waals surface area contributed by atoms with E-state index < -0.39 is 35.7 Å². The minimum atomic E-state index is -1.26. The molecular weight excluding hydrogens is 346 g/mol. The van der Waals surface area contributed by atoms with E-state index in [0.717, 1.165) is 0 Å². The van der Waals surface area contributed by atoms with E-state index in [2.05, 4.69) is 5.32 Å². The molecule has 26 heavy (non-hydrogen) atoms. The van der Waals surface area contributed by atoms with Crippen LogP contribution in [0.2, 0.25) is 0 Å². The maximum atomic E-state index is 12.4. The smallest absolute Gasteiger partial charge is 0.329 e. The first-order chi connectivity index (χ1) is 12.4. The maximum Gasteiger partial charge on any atom is 0.329 e. The number of methoxy groups -OCH3 is 5. The summed E-state index contributed by atoms with van der Waals surface area (Å²) >= 11 is 0. The van der Waals surface area contributed by atoms with Gasteiger partial charge in [-0.1, -0.05) is 0 Å². The van der Waals surface area contributed by atoms with Crippen LogP contribution in [0.1, 0.15) is 11.5 Å². The van der Waals surface area contributed by atoms with Crippen molar-refractivity contribution >= 4 is 17.8 Å². The molecule has 0 aromatic heterocycles. The molecule has 1 aliphatic rings. The summed E-state index contributed by atoms with van der Waals surface area (Å²) in [6.07, 6.45) is 0. The van der Waals surface area contributed by atoms with Crippen molar-refractivity contribution in [3.05, 3.63) is 17.7 Å². The molecule has 0 aliphatic carbocycles. The molecule has 3 atom stereocenters. The summed E-state index contributed by atoms with van der Waals surface area (Å²) < 4.78 is 25.5. The average molecular weight is 367 g/mol. The summed E-state index contributed by atoms with van der Waals surface area (Å²) in [5.74, 6) is -3.29. The fourth-order valence-corrected chi connectivity index (χ4v) is 3.10. The zero-order chi connectivity index (χ0) is 19.4. The molecule has 1 aliphatic heterocycles. The molecule has 1 fully saturated rings. The minimum Gasteiger partial charge on any atom is -0.496 e. The zero-order valence-electron chi connectivity index (χ0n) is 15.2. The van der Waals surface area contributed by atoms with Gasteiger partial charge in [-0.05, 0) is 0 Å². The van der Waals surface area contributed by atoms with Crippen LogP contribution in [-0.2, 0) is 23.9 Å². The number of benzene rings is 1. The Morgan fingerprint density at radius 3 is 1.85 bits per heavy atom. The largest absolute Gasteiger partial charge is 0.496 e. The van der Waals surface area contributed by atoms with E-state index in [1.165, 1.54) is 35.5 Å². The highest BCUT2D eigenvalue weighted by Gasteiger charge is 2.53. The number of carbonyl (C=O) groups excluding carboxylic acids is 3. The number of carbonyl (C=O) groups is 3. The van der Waals surface area contributed by atoms with Crippen molar-refractivity contribution < 1.29 is 38.1 Å². The molecule has 9 heteroatoms. The summed E-state index contributed by atoms with van der Waals surface area (Å²) in [4.78, 5) is 36.9. The number of ether oxygens (including phenoxy) is 5. The first-order valence-corrected chi connectivity index (χ1v) is 7.69. The summed E-state index contributed by atoms with van der Waals surface area (Å²) in [5.41, 5.74) is 0.361. The van der Waals surface area contributed by atoms with Gasteiger partial charge in [-0.15, -0.1) is 0 Å². The lowest BCUT2D eigenvalue weighted by atomic mass is 9.82. The van der Waals surface area contributed by atoms with E-state index in [4.69, 9.17) is 23.7 Å². The second-order valence-electron chi connectivity index (χ2n) is 5.48. The van der Waals surface area contributed by atoms with Crippen molar-refractivity contribution in [1.29, 1.82) is 0 Å². The molecule has 9 nitrogen and oxygen atoms in total. The predicted molar refractivity (Wildman–Crippen MR) is 88.3 cm³/mol. The Labute approximate surface area is 150 Å². The van der Waals surface area contributed by atoms with Crippen LogP contribution in [0.3, 0.4) is 0 Å². The Morgan fingerprint density at radius 2 is 1.42 bits per heavy atom. The molecule has 1 aromatic carbocycles. The predicted octanol–water partition coefficient (Wildman–Crippen LogP) is 0.257. The zero-order valence-corrected chi connectivity index (χ0v) is 15.2. The quantitative estimate of drug-likeness (QED) is 0.563. The topological polar surface area (TPSA) is 109 Å². The van der Waals surface area contributed by atoms with E-state index in [-0.39, 0.29) is 0 Å². The van der Waals surface area contributed by atoms with Crippen molar-refractivity contribution in [2.24, 2.45) is 5.92 Å². The Kier molecular flexibility index (Phi) is 5.91. The van der Waals surface area contributed by atoms with Gasteiger partial charge < -0.3 is 29.0 Å². The van der Waals surface area contributed by atoms with Crippen LogP contribution in [-0.4, -0.2) is 59.4 Å². The molecule has 142 valence electrons. The molecule has 0 radical (unpaired) electrons. The number of amides is 1. The molecule has 2 unspecified atom stereocenters. The fraction of sp³-hybridized carbons (Fsp3) is 0.471. The van der Waals surface area contributed by atoms with E-state index >= 15 is 0 Å². The lowest BCUT2D eigenvalue weighted by molar-refractivity contribution is -0.149. The second-order valence-corrected chi connectivity index (χ2v) is 5.48. The van der Waals surface area contributed by atoms with Gasteiger partial charge in [0.2, 0.25) is 5.91 Å².